The van der Waals surface area contributed by atoms with Gasteiger partial charge in [0, 0.05) is 39.9 Å². The second-order valence-corrected chi connectivity index (χ2v) is 4.52. The van der Waals surface area contributed by atoms with E-state index in [-0.39, 0.29) is 0 Å². The van der Waals surface area contributed by atoms with Crippen molar-refractivity contribution in [3.05, 3.63) is 29.8 Å². The fourth-order valence-corrected chi connectivity index (χ4v) is 1.80. The highest BCUT2D eigenvalue weighted by molar-refractivity contribution is 7.80. The van der Waals surface area contributed by atoms with Gasteiger partial charge < -0.3 is 15.1 Å². The molecule has 94 valence electrons. The van der Waals surface area contributed by atoms with E-state index in [1.807, 2.05) is 21.1 Å². The Labute approximate surface area is 109 Å². The maximum absolute atomic E-state index is 5.25. The van der Waals surface area contributed by atoms with E-state index in [2.05, 4.69) is 46.3 Å². The lowest BCUT2D eigenvalue weighted by atomic mass is 10.2. The lowest BCUT2D eigenvalue weighted by Crippen LogP contribution is -2.37. The molecule has 4 heteroatoms. The summed E-state index contributed by atoms with van der Waals surface area (Å²) in [6, 6.07) is 8.56. The molecule has 0 spiro atoms. The molecule has 0 amide bonds. The van der Waals surface area contributed by atoms with Gasteiger partial charge in [0.1, 0.15) is 0 Å². The third-order valence-corrected chi connectivity index (χ3v) is 3.17. The van der Waals surface area contributed by atoms with Crippen molar-refractivity contribution in [2.24, 2.45) is 0 Å². The molecule has 1 aromatic rings. The molecule has 0 aromatic heterocycles. The van der Waals surface area contributed by atoms with Gasteiger partial charge in [0.2, 0.25) is 0 Å². The first-order chi connectivity index (χ1) is 8.08. The number of nitrogens with zero attached hydrogens (tertiary/aromatic N) is 2. The molecular formula is C13H21N3S. The summed E-state index contributed by atoms with van der Waals surface area (Å²) in [7, 11) is 5.95. The van der Waals surface area contributed by atoms with E-state index in [4.69, 9.17) is 12.2 Å². The second kappa shape index (κ2) is 6.45. The van der Waals surface area contributed by atoms with Crippen LogP contribution in [0.3, 0.4) is 0 Å². The third-order valence-electron chi connectivity index (χ3n) is 2.71. The fourth-order valence-electron chi connectivity index (χ4n) is 1.61. The summed E-state index contributed by atoms with van der Waals surface area (Å²) in [5.74, 6) is 0. The molecule has 0 atom stereocenters. The molecule has 0 heterocycles. The summed E-state index contributed by atoms with van der Waals surface area (Å²) < 4.78 is 0. The summed E-state index contributed by atoms with van der Waals surface area (Å²) in [6.45, 7) is 3.87. The molecule has 3 nitrogen and oxygen atoms in total. The predicted octanol–water partition coefficient (Wildman–Crippen LogP) is 2.08. The van der Waals surface area contributed by atoms with Crippen LogP contribution < -0.4 is 10.2 Å². The number of hydrogen-bond acceptors (Lipinski definition) is 2. The Morgan fingerprint density at radius 3 is 2.24 bits per heavy atom. The maximum Gasteiger partial charge on any atom is 0.168 e. The lowest BCUT2D eigenvalue weighted by molar-refractivity contribution is 0.431. The van der Waals surface area contributed by atoms with Gasteiger partial charge in [-0.25, -0.2) is 0 Å². The van der Waals surface area contributed by atoms with E-state index in [0.717, 1.165) is 18.2 Å². The number of rotatable bonds is 4. The highest BCUT2D eigenvalue weighted by atomic mass is 32.1. The van der Waals surface area contributed by atoms with Crippen molar-refractivity contribution in [1.29, 1.82) is 0 Å². The Morgan fingerprint density at radius 1 is 1.24 bits per heavy atom. The second-order valence-electron chi connectivity index (χ2n) is 4.13. The average molecular weight is 251 g/mol. The smallest absolute Gasteiger partial charge is 0.168 e. The molecule has 0 aliphatic heterocycles. The minimum absolute atomic E-state index is 0.796. The van der Waals surface area contributed by atoms with Crippen LogP contribution in [0.5, 0.6) is 0 Å². The zero-order chi connectivity index (χ0) is 12.8. The van der Waals surface area contributed by atoms with Crippen molar-refractivity contribution in [3.63, 3.8) is 0 Å². The zero-order valence-corrected chi connectivity index (χ0v) is 11.8. The normalized spacial score (nSPS) is 9.88. The molecule has 0 bridgehead atoms. The van der Waals surface area contributed by atoms with Crippen LogP contribution in [0.15, 0.2) is 24.3 Å². The molecule has 0 radical (unpaired) electrons. The van der Waals surface area contributed by atoms with Crippen LogP contribution >= 0.6 is 12.2 Å². The Balaban J connectivity index is 2.70. The van der Waals surface area contributed by atoms with Gasteiger partial charge >= 0.3 is 0 Å². The van der Waals surface area contributed by atoms with E-state index < -0.39 is 0 Å². The highest BCUT2D eigenvalue weighted by Gasteiger charge is 2.06. The molecule has 1 aromatic carbocycles. The van der Waals surface area contributed by atoms with Crippen LogP contribution in [0.2, 0.25) is 0 Å². The summed E-state index contributed by atoms with van der Waals surface area (Å²) in [4.78, 5) is 4.24. The van der Waals surface area contributed by atoms with E-state index in [1.165, 1.54) is 11.3 Å². The van der Waals surface area contributed by atoms with Crippen LogP contribution in [0, 0.1) is 0 Å². The van der Waals surface area contributed by atoms with Crippen LogP contribution in [-0.4, -0.2) is 37.7 Å². The largest absolute Gasteiger partial charge is 0.378 e. The van der Waals surface area contributed by atoms with Crippen molar-refractivity contribution in [2.45, 2.75) is 13.5 Å². The third kappa shape index (κ3) is 3.89. The molecule has 1 rings (SSSR count). The van der Waals surface area contributed by atoms with Gasteiger partial charge in [-0.15, -0.1) is 0 Å². The fraction of sp³-hybridized carbons (Fsp3) is 0.462. The first-order valence-electron chi connectivity index (χ1n) is 5.81. The van der Waals surface area contributed by atoms with Crippen LogP contribution in [-0.2, 0) is 6.54 Å². The molecule has 0 saturated heterocycles. The quantitative estimate of drug-likeness (QED) is 0.826. The number of thiocarbonyl (C=S) groups is 1. The van der Waals surface area contributed by atoms with Crippen LogP contribution in [0.25, 0.3) is 0 Å². The van der Waals surface area contributed by atoms with Gasteiger partial charge in [0.25, 0.3) is 0 Å². The number of anilines is 1. The molecule has 0 saturated carbocycles. The molecule has 0 aliphatic carbocycles. The topological polar surface area (TPSA) is 18.5 Å². The van der Waals surface area contributed by atoms with Crippen LogP contribution in [0.1, 0.15) is 12.5 Å². The van der Waals surface area contributed by atoms with E-state index in [0.29, 0.717) is 0 Å². The van der Waals surface area contributed by atoms with Crippen molar-refractivity contribution < 1.29 is 0 Å². The van der Waals surface area contributed by atoms with Gasteiger partial charge in [-0.1, -0.05) is 12.1 Å². The Bertz CT molecular complexity index is 359. The first kappa shape index (κ1) is 13.8. The predicted molar refractivity (Wildman–Crippen MR) is 78.5 cm³/mol. The summed E-state index contributed by atoms with van der Waals surface area (Å²) in [6.07, 6.45) is 0. The zero-order valence-electron chi connectivity index (χ0n) is 11.0. The monoisotopic (exact) mass is 251 g/mol. The number of benzene rings is 1. The lowest BCUT2D eigenvalue weighted by Gasteiger charge is -2.23. The maximum atomic E-state index is 5.25. The van der Waals surface area contributed by atoms with Gasteiger partial charge in [-0.05, 0) is 36.8 Å². The number of hydrogen-bond donors (Lipinski definition) is 1. The van der Waals surface area contributed by atoms with Crippen LogP contribution in [0.4, 0.5) is 5.69 Å². The molecule has 1 N–H and O–H groups in total. The number of nitrogens with one attached hydrogen (secondary N) is 1. The van der Waals surface area contributed by atoms with Crippen molar-refractivity contribution in [3.8, 4) is 0 Å². The standard InChI is InChI=1S/C13H21N3S/c1-5-16(13(17)14-2)10-11-6-8-12(9-7-11)15(3)4/h6-9H,5,10H2,1-4H3,(H,14,17). The molecule has 17 heavy (non-hydrogen) atoms. The SMILES string of the molecule is CCN(Cc1ccc(N(C)C)cc1)C(=S)NC. The van der Waals surface area contributed by atoms with Gasteiger partial charge in [0.15, 0.2) is 5.11 Å². The minimum Gasteiger partial charge on any atom is -0.378 e. The van der Waals surface area contributed by atoms with Crippen molar-refractivity contribution in [1.82, 2.24) is 10.2 Å². The molecular weight excluding hydrogens is 230 g/mol. The highest BCUT2D eigenvalue weighted by Crippen LogP contribution is 2.13. The summed E-state index contributed by atoms with van der Waals surface area (Å²) in [5.41, 5.74) is 2.49. The molecule has 0 fully saturated rings. The average Bonchev–Trinajstić information content (AvgIpc) is 2.35. The molecule has 0 unspecified atom stereocenters. The van der Waals surface area contributed by atoms with Crippen molar-refractivity contribution >= 4 is 23.0 Å². The van der Waals surface area contributed by atoms with Gasteiger partial charge in [-0.2, -0.15) is 0 Å². The summed E-state index contributed by atoms with van der Waals surface area (Å²) in [5, 5.41) is 3.81. The summed E-state index contributed by atoms with van der Waals surface area (Å²) >= 11 is 5.25. The van der Waals surface area contributed by atoms with E-state index in [1.54, 1.807) is 0 Å². The van der Waals surface area contributed by atoms with Gasteiger partial charge in [0.05, 0.1) is 0 Å². The van der Waals surface area contributed by atoms with Gasteiger partial charge in [-0.3, -0.25) is 0 Å². The Hall–Kier alpha value is -1.29. The Morgan fingerprint density at radius 2 is 1.82 bits per heavy atom. The minimum atomic E-state index is 0.796. The van der Waals surface area contributed by atoms with E-state index in [9.17, 15) is 0 Å². The Kier molecular flexibility index (Phi) is 5.22. The molecule has 0 aliphatic rings. The first-order valence-corrected chi connectivity index (χ1v) is 6.22. The van der Waals surface area contributed by atoms with Crippen molar-refractivity contribution in [2.75, 3.05) is 32.6 Å². The van der Waals surface area contributed by atoms with E-state index >= 15 is 0 Å².